The minimum Gasteiger partial charge on any atom is -0.306 e. The lowest BCUT2D eigenvalue weighted by molar-refractivity contribution is -0.125. The number of carbonyl (C=O) groups excluding carboxylic acids is 2. The number of urea groups is 1. The van der Waals surface area contributed by atoms with Crippen LogP contribution in [-0.4, -0.2) is 22.4 Å². The Morgan fingerprint density at radius 2 is 1.94 bits per heavy atom. The van der Waals surface area contributed by atoms with Crippen molar-refractivity contribution in [3.8, 4) is 0 Å². The number of nitrogens with zero attached hydrogens (tertiary/aromatic N) is 1. The molecule has 0 aromatic heterocycles. The summed E-state index contributed by atoms with van der Waals surface area (Å²) in [4.78, 5) is 24.7. The Kier molecular flexibility index (Phi) is 2.83. The fourth-order valence-electron chi connectivity index (χ4n) is 1.76. The Morgan fingerprint density at radius 1 is 1.29 bits per heavy atom. The summed E-state index contributed by atoms with van der Waals surface area (Å²) in [6, 6.07) is 6.91. The van der Waals surface area contributed by atoms with Gasteiger partial charge < -0.3 is 4.90 Å². The number of nitrogens with one attached hydrogen (secondary N) is 1. The monoisotopic (exact) mass is 252 g/mol. The van der Waals surface area contributed by atoms with Gasteiger partial charge in [0.1, 0.15) is 5.54 Å². The number of amides is 3. The van der Waals surface area contributed by atoms with Crippen LogP contribution in [0.5, 0.6) is 0 Å². The molecule has 0 bridgehead atoms. The number of rotatable bonds is 2. The summed E-state index contributed by atoms with van der Waals surface area (Å²) in [6.07, 6.45) is 0. The van der Waals surface area contributed by atoms with Gasteiger partial charge in [0.15, 0.2) is 0 Å². The van der Waals surface area contributed by atoms with Crippen LogP contribution in [-0.2, 0) is 11.3 Å². The van der Waals surface area contributed by atoms with Crippen LogP contribution < -0.4 is 5.32 Å². The third-order valence-corrected chi connectivity index (χ3v) is 3.35. The van der Waals surface area contributed by atoms with Gasteiger partial charge in [-0.05, 0) is 25.5 Å². The molecule has 0 radical (unpaired) electrons. The number of halogens is 1. The second-order valence-corrected chi connectivity index (χ2v) is 4.90. The van der Waals surface area contributed by atoms with Gasteiger partial charge in [0.2, 0.25) is 0 Å². The van der Waals surface area contributed by atoms with Crippen molar-refractivity contribution in [3.05, 3.63) is 34.9 Å². The van der Waals surface area contributed by atoms with Crippen molar-refractivity contribution in [1.82, 2.24) is 10.2 Å². The van der Waals surface area contributed by atoms with Crippen molar-refractivity contribution >= 4 is 23.5 Å². The van der Waals surface area contributed by atoms with E-state index in [-0.39, 0.29) is 11.9 Å². The molecule has 1 heterocycles. The molecule has 0 spiro atoms. The molecule has 1 aromatic rings. The normalized spacial score (nSPS) is 18.4. The SMILES string of the molecule is CC1(C)C(=O)NC(=O)N1Cc1ccccc1Cl. The summed E-state index contributed by atoms with van der Waals surface area (Å²) in [6.45, 7) is 3.75. The van der Waals surface area contributed by atoms with E-state index in [1.165, 1.54) is 4.90 Å². The zero-order chi connectivity index (χ0) is 12.6. The van der Waals surface area contributed by atoms with E-state index in [2.05, 4.69) is 5.32 Å². The lowest BCUT2D eigenvalue weighted by atomic mass is 10.0. The summed E-state index contributed by atoms with van der Waals surface area (Å²) >= 11 is 6.04. The largest absolute Gasteiger partial charge is 0.325 e. The lowest BCUT2D eigenvalue weighted by Crippen LogP contribution is -2.43. The van der Waals surface area contributed by atoms with E-state index in [0.29, 0.717) is 11.6 Å². The Balaban J connectivity index is 2.28. The van der Waals surface area contributed by atoms with E-state index in [1.54, 1.807) is 19.9 Å². The average Bonchev–Trinajstić information content (AvgIpc) is 2.44. The second kappa shape index (κ2) is 4.04. The standard InChI is InChI=1S/C12H13ClN2O2/c1-12(2)10(16)14-11(17)15(12)7-8-5-3-4-6-9(8)13/h3-6H,7H2,1-2H3,(H,14,16,17). The third-order valence-electron chi connectivity index (χ3n) is 2.98. The molecule has 3 amide bonds. The van der Waals surface area contributed by atoms with Gasteiger partial charge in [-0.15, -0.1) is 0 Å². The van der Waals surface area contributed by atoms with Crippen molar-refractivity contribution in [3.63, 3.8) is 0 Å². The highest BCUT2D eigenvalue weighted by Crippen LogP contribution is 2.25. The topological polar surface area (TPSA) is 49.4 Å². The molecule has 17 heavy (non-hydrogen) atoms. The van der Waals surface area contributed by atoms with Gasteiger partial charge in [0.25, 0.3) is 5.91 Å². The number of benzene rings is 1. The molecule has 5 heteroatoms. The molecule has 0 saturated carbocycles. The summed E-state index contributed by atoms with van der Waals surface area (Å²) in [5.74, 6) is -0.283. The molecule has 90 valence electrons. The predicted octanol–water partition coefficient (Wildman–Crippen LogP) is 2.17. The molecule has 4 nitrogen and oxygen atoms in total. The molecule has 1 aliphatic heterocycles. The fourth-order valence-corrected chi connectivity index (χ4v) is 1.96. The smallest absolute Gasteiger partial charge is 0.306 e. The van der Waals surface area contributed by atoms with Crippen LogP contribution in [0.2, 0.25) is 5.02 Å². The minimum absolute atomic E-state index is 0.283. The molecule has 1 saturated heterocycles. The zero-order valence-corrected chi connectivity index (χ0v) is 10.4. The van der Waals surface area contributed by atoms with E-state index in [4.69, 9.17) is 11.6 Å². The lowest BCUT2D eigenvalue weighted by Gasteiger charge is -2.28. The van der Waals surface area contributed by atoms with E-state index < -0.39 is 5.54 Å². The van der Waals surface area contributed by atoms with Gasteiger partial charge in [-0.3, -0.25) is 10.1 Å². The van der Waals surface area contributed by atoms with Gasteiger partial charge in [0, 0.05) is 11.6 Å². The van der Waals surface area contributed by atoms with Crippen LogP contribution in [0.25, 0.3) is 0 Å². The minimum atomic E-state index is -0.837. The van der Waals surface area contributed by atoms with Crippen LogP contribution in [0.3, 0.4) is 0 Å². The van der Waals surface area contributed by atoms with E-state index in [9.17, 15) is 9.59 Å². The molecule has 0 atom stereocenters. The summed E-state index contributed by atoms with van der Waals surface area (Å²) in [5, 5.41) is 2.89. The van der Waals surface area contributed by atoms with Crippen LogP contribution in [0.15, 0.2) is 24.3 Å². The Morgan fingerprint density at radius 3 is 2.47 bits per heavy atom. The first-order valence-electron chi connectivity index (χ1n) is 5.29. The van der Waals surface area contributed by atoms with Crippen LogP contribution in [0.1, 0.15) is 19.4 Å². The highest BCUT2D eigenvalue weighted by Gasteiger charge is 2.45. The first-order valence-corrected chi connectivity index (χ1v) is 5.67. The number of carbonyl (C=O) groups is 2. The van der Waals surface area contributed by atoms with E-state index in [0.717, 1.165) is 5.56 Å². The van der Waals surface area contributed by atoms with E-state index in [1.807, 2.05) is 18.2 Å². The maximum absolute atomic E-state index is 11.7. The number of imide groups is 1. The number of hydrogen-bond acceptors (Lipinski definition) is 2. The maximum Gasteiger partial charge on any atom is 0.325 e. The van der Waals surface area contributed by atoms with Crippen LogP contribution >= 0.6 is 11.6 Å². The molecule has 1 aromatic carbocycles. The Labute approximate surface area is 105 Å². The highest BCUT2D eigenvalue weighted by atomic mass is 35.5. The van der Waals surface area contributed by atoms with Crippen molar-refractivity contribution in [2.45, 2.75) is 25.9 Å². The molecule has 1 aliphatic rings. The van der Waals surface area contributed by atoms with Gasteiger partial charge in [-0.1, -0.05) is 29.8 Å². The molecular formula is C12H13ClN2O2. The zero-order valence-electron chi connectivity index (χ0n) is 9.66. The van der Waals surface area contributed by atoms with Gasteiger partial charge >= 0.3 is 6.03 Å². The predicted molar refractivity (Wildman–Crippen MR) is 64.6 cm³/mol. The summed E-state index contributed by atoms with van der Waals surface area (Å²) in [5.41, 5.74) is -0.0110. The van der Waals surface area contributed by atoms with Crippen molar-refractivity contribution < 1.29 is 9.59 Å². The van der Waals surface area contributed by atoms with Crippen molar-refractivity contribution in [2.24, 2.45) is 0 Å². The quantitative estimate of drug-likeness (QED) is 0.820. The molecule has 1 fully saturated rings. The van der Waals surface area contributed by atoms with Crippen molar-refractivity contribution in [1.29, 1.82) is 0 Å². The highest BCUT2D eigenvalue weighted by molar-refractivity contribution is 6.31. The van der Waals surface area contributed by atoms with Crippen LogP contribution in [0.4, 0.5) is 4.79 Å². The first kappa shape index (κ1) is 11.9. The first-order chi connectivity index (χ1) is 7.93. The summed E-state index contributed by atoms with van der Waals surface area (Å²) < 4.78 is 0. The Hall–Kier alpha value is -1.55. The molecule has 0 aliphatic carbocycles. The van der Waals surface area contributed by atoms with E-state index >= 15 is 0 Å². The van der Waals surface area contributed by atoms with Crippen molar-refractivity contribution in [2.75, 3.05) is 0 Å². The van der Waals surface area contributed by atoms with Crippen LogP contribution in [0, 0.1) is 0 Å². The molecule has 1 N–H and O–H groups in total. The van der Waals surface area contributed by atoms with Gasteiger partial charge in [-0.25, -0.2) is 4.79 Å². The third kappa shape index (κ3) is 2.00. The van der Waals surface area contributed by atoms with Gasteiger partial charge in [0.05, 0.1) is 0 Å². The molecule has 0 unspecified atom stereocenters. The number of hydrogen-bond donors (Lipinski definition) is 1. The maximum atomic E-state index is 11.7. The van der Waals surface area contributed by atoms with Gasteiger partial charge in [-0.2, -0.15) is 0 Å². The second-order valence-electron chi connectivity index (χ2n) is 4.50. The molecular weight excluding hydrogens is 240 g/mol. The summed E-state index contributed by atoms with van der Waals surface area (Å²) in [7, 11) is 0. The Bertz CT molecular complexity index is 485. The average molecular weight is 253 g/mol. The molecule has 2 rings (SSSR count). The fraction of sp³-hybridized carbons (Fsp3) is 0.333.